The molecule has 1 aromatic carbocycles. The van der Waals surface area contributed by atoms with Gasteiger partial charge < -0.3 is 38.6 Å². The molecule has 2 aliphatic carbocycles. The highest BCUT2D eigenvalue weighted by Gasteiger charge is 3.04. The number of aliphatic hydroxyl groups excluding tert-OH is 1. The summed E-state index contributed by atoms with van der Waals surface area (Å²) in [6.07, 6.45) is -6.91. The summed E-state index contributed by atoms with van der Waals surface area (Å²) >= 11 is 0. The number of ether oxygens (including phenoxy) is 6. The summed E-state index contributed by atoms with van der Waals surface area (Å²) in [5.74, 6) is -4.22. The van der Waals surface area contributed by atoms with Gasteiger partial charge in [0.15, 0.2) is 23.6 Å². The number of ketones is 1. The number of esters is 3. The van der Waals surface area contributed by atoms with Crippen molar-refractivity contribution in [2.45, 2.75) is 76.0 Å². The Morgan fingerprint density at radius 1 is 1.07 bits per heavy atom. The van der Waals surface area contributed by atoms with Crippen molar-refractivity contribution in [2.75, 3.05) is 13.7 Å². The van der Waals surface area contributed by atoms with Crippen LogP contribution < -0.4 is 4.74 Å². The van der Waals surface area contributed by atoms with Gasteiger partial charge in [0.25, 0.3) is 0 Å². The molecule has 2 spiro atoms. The predicted molar refractivity (Wildman–Crippen MR) is 133 cm³/mol. The summed E-state index contributed by atoms with van der Waals surface area (Å²) in [5, 5.41) is 24.3. The monoisotopic (exact) mass is 572 g/mol. The fourth-order valence-corrected chi connectivity index (χ4v) is 9.32. The van der Waals surface area contributed by atoms with Crippen LogP contribution in [0.25, 0.3) is 0 Å². The van der Waals surface area contributed by atoms with Crippen molar-refractivity contribution in [1.29, 1.82) is 0 Å². The van der Waals surface area contributed by atoms with Crippen LogP contribution in [0.4, 0.5) is 0 Å². The standard InChI is InChI=1S/C29H32O12/c1-12-21(32)39-19-18(31)27-17-10-16(25(2,3)4)26(27)20(37-11-15(30)13-6-8-14(36-5)9-7-13)22(33)40-24(26)41-29(27,23(34)38-17)28(12,19)35/h6-9,12,16-20,24,31,35H,10-11H2,1-5H3/t12-,16+,17-,18-,19+,20+,24+,26+,27+,28-,29-/m1/s1. The molecule has 0 bridgehead atoms. The molecule has 0 amide bonds. The zero-order valence-corrected chi connectivity index (χ0v) is 23.2. The minimum absolute atomic E-state index is 0.196. The number of hydrogen-bond acceptors (Lipinski definition) is 12. The van der Waals surface area contributed by atoms with Crippen LogP contribution in [0.2, 0.25) is 0 Å². The lowest BCUT2D eigenvalue weighted by Gasteiger charge is -2.48. The third-order valence-corrected chi connectivity index (χ3v) is 10.8. The quantitative estimate of drug-likeness (QED) is 0.286. The number of aliphatic hydroxyl groups is 2. The molecule has 4 heterocycles. The Hall–Kier alpha value is -3.06. The minimum Gasteiger partial charge on any atom is -0.497 e. The molecule has 0 unspecified atom stereocenters. The fourth-order valence-electron chi connectivity index (χ4n) is 9.32. The van der Waals surface area contributed by atoms with Gasteiger partial charge in [0.1, 0.15) is 24.6 Å². The number of carbonyl (C=O) groups is 4. The maximum atomic E-state index is 13.8. The van der Waals surface area contributed by atoms with Gasteiger partial charge in [-0.05, 0) is 48.9 Å². The summed E-state index contributed by atoms with van der Waals surface area (Å²) in [6.45, 7) is 6.69. The zero-order chi connectivity index (χ0) is 29.5. The molecule has 12 heteroatoms. The van der Waals surface area contributed by atoms with Crippen molar-refractivity contribution in [3.63, 3.8) is 0 Å². The molecule has 7 rings (SSSR count). The van der Waals surface area contributed by atoms with Crippen LogP contribution >= 0.6 is 0 Å². The van der Waals surface area contributed by atoms with Gasteiger partial charge in [-0.2, -0.15) is 0 Å². The van der Waals surface area contributed by atoms with Crippen LogP contribution in [-0.4, -0.2) is 89.5 Å². The van der Waals surface area contributed by atoms with E-state index in [4.69, 9.17) is 28.4 Å². The summed E-state index contributed by atoms with van der Waals surface area (Å²) in [4.78, 5) is 53.2. The van der Waals surface area contributed by atoms with Crippen molar-refractivity contribution >= 4 is 23.7 Å². The molecule has 41 heavy (non-hydrogen) atoms. The smallest absolute Gasteiger partial charge is 0.343 e. The second-order valence-electron chi connectivity index (χ2n) is 13.1. The number of fused-ring (bicyclic) bond motifs is 1. The van der Waals surface area contributed by atoms with E-state index in [0.29, 0.717) is 11.3 Å². The minimum atomic E-state index is -2.31. The van der Waals surface area contributed by atoms with Crippen LogP contribution in [0.5, 0.6) is 5.75 Å². The predicted octanol–water partition coefficient (Wildman–Crippen LogP) is 0.546. The lowest BCUT2D eigenvalue weighted by atomic mass is 9.51. The maximum Gasteiger partial charge on any atom is 0.343 e. The third-order valence-electron chi connectivity index (χ3n) is 10.8. The molecule has 220 valence electrons. The van der Waals surface area contributed by atoms with Gasteiger partial charge in [0.2, 0.25) is 11.9 Å². The molecule has 6 fully saturated rings. The Morgan fingerprint density at radius 3 is 2.39 bits per heavy atom. The number of methoxy groups -OCH3 is 1. The Morgan fingerprint density at radius 2 is 1.76 bits per heavy atom. The van der Waals surface area contributed by atoms with Gasteiger partial charge in [-0.25, -0.2) is 9.59 Å². The first-order chi connectivity index (χ1) is 19.2. The molecule has 1 aromatic rings. The number of rotatable bonds is 5. The van der Waals surface area contributed by atoms with Crippen LogP contribution in [0.1, 0.15) is 44.5 Å². The highest BCUT2D eigenvalue weighted by molar-refractivity contribution is 5.98. The molecule has 2 N–H and O–H groups in total. The molecule has 0 aromatic heterocycles. The fraction of sp³-hybridized carbons (Fsp3) is 0.655. The van der Waals surface area contributed by atoms with E-state index in [1.54, 1.807) is 24.3 Å². The lowest BCUT2D eigenvalue weighted by Crippen LogP contribution is -2.67. The second kappa shape index (κ2) is 7.85. The summed E-state index contributed by atoms with van der Waals surface area (Å²) in [6, 6.07) is 6.39. The first-order valence-corrected chi connectivity index (χ1v) is 13.7. The highest BCUT2D eigenvalue weighted by atomic mass is 16.8. The van der Waals surface area contributed by atoms with E-state index >= 15 is 0 Å². The van der Waals surface area contributed by atoms with Crippen molar-refractivity contribution in [3.8, 4) is 5.75 Å². The van der Waals surface area contributed by atoms with E-state index in [9.17, 15) is 29.4 Å². The van der Waals surface area contributed by atoms with Crippen molar-refractivity contribution in [3.05, 3.63) is 29.8 Å². The van der Waals surface area contributed by atoms with Crippen molar-refractivity contribution in [2.24, 2.45) is 28.1 Å². The molecule has 4 saturated heterocycles. The van der Waals surface area contributed by atoms with E-state index in [-0.39, 0.29) is 6.42 Å². The van der Waals surface area contributed by atoms with Gasteiger partial charge >= 0.3 is 17.9 Å². The van der Waals surface area contributed by atoms with E-state index in [1.807, 2.05) is 20.8 Å². The van der Waals surface area contributed by atoms with Gasteiger partial charge in [0, 0.05) is 5.56 Å². The van der Waals surface area contributed by atoms with Crippen molar-refractivity contribution < 1.29 is 57.8 Å². The topological polar surface area (TPSA) is 164 Å². The van der Waals surface area contributed by atoms with Crippen molar-refractivity contribution in [1.82, 2.24) is 0 Å². The SMILES string of the molecule is COc1ccc(C(=O)CO[C@H]2C(=O)O[C@H]3O[C@]45C(=O)O[C@@H]6C[C@@H](C(C)(C)C)[C@@]32[C@@]64[C@H](O)[C@@H]2OC(=O)[C@@H](C)[C@@]25O)cc1. The first kappa shape index (κ1) is 26.8. The Bertz CT molecular complexity index is 1380. The van der Waals surface area contributed by atoms with Crippen LogP contribution in [0.3, 0.4) is 0 Å². The molecule has 0 radical (unpaired) electrons. The van der Waals surface area contributed by atoms with Gasteiger partial charge in [0.05, 0.1) is 23.9 Å². The van der Waals surface area contributed by atoms with E-state index in [2.05, 4.69) is 0 Å². The molecule has 12 nitrogen and oxygen atoms in total. The molecule has 4 aliphatic heterocycles. The van der Waals surface area contributed by atoms with E-state index in [0.717, 1.165) is 0 Å². The average Bonchev–Trinajstić information content (AvgIpc) is 3.64. The largest absolute Gasteiger partial charge is 0.497 e. The first-order valence-electron chi connectivity index (χ1n) is 13.7. The normalized spacial score (nSPS) is 46.9. The van der Waals surface area contributed by atoms with Gasteiger partial charge in [-0.1, -0.05) is 20.8 Å². The second-order valence-corrected chi connectivity index (χ2v) is 13.1. The Labute approximate surface area is 235 Å². The summed E-state index contributed by atoms with van der Waals surface area (Å²) in [7, 11) is 1.51. The van der Waals surface area contributed by atoms with Gasteiger partial charge in [-0.3, -0.25) is 9.59 Å². The van der Waals surface area contributed by atoms with Crippen LogP contribution in [-0.2, 0) is 38.1 Å². The average molecular weight is 573 g/mol. The number of hydrogen-bond donors (Lipinski definition) is 2. The number of Topliss-reactive ketones (excluding diaryl/α,β-unsaturated/α-hetero) is 1. The molecule has 6 aliphatic rings. The Balaban J connectivity index is 1.38. The van der Waals surface area contributed by atoms with Crippen LogP contribution in [0, 0.1) is 28.1 Å². The molecular weight excluding hydrogens is 540 g/mol. The van der Waals surface area contributed by atoms with Gasteiger partial charge in [-0.15, -0.1) is 0 Å². The lowest BCUT2D eigenvalue weighted by molar-refractivity contribution is -0.239. The zero-order valence-electron chi connectivity index (χ0n) is 23.2. The molecule has 2 saturated carbocycles. The van der Waals surface area contributed by atoms with E-state index < -0.39 is 100 Å². The summed E-state index contributed by atoms with van der Waals surface area (Å²) < 4.78 is 34.8. The molecule has 11 atom stereocenters. The molecular formula is C29H32O12. The summed E-state index contributed by atoms with van der Waals surface area (Å²) in [5.41, 5.74) is -8.22. The third kappa shape index (κ3) is 2.59. The van der Waals surface area contributed by atoms with Crippen LogP contribution in [0.15, 0.2) is 24.3 Å². The van der Waals surface area contributed by atoms with E-state index in [1.165, 1.54) is 14.0 Å². The Kier molecular flexibility index (Phi) is 5.14. The maximum absolute atomic E-state index is 13.8. The number of benzene rings is 1. The number of carbonyl (C=O) groups excluding carboxylic acids is 4. The highest BCUT2D eigenvalue weighted by Crippen LogP contribution is 2.84.